The summed E-state index contributed by atoms with van der Waals surface area (Å²) in [5.74, 6) is -3.78. The second-order valence-corrected chi connectivity index (χ2v) is 10.7. The fourth-order valence-electron chi connectivity index (χ4n) is 4.20. The molecule has 3 aromatic rings. The van der Waals surface area contributed by atoms with E-state index in [1.165, 1.54) is 39.0 Å². The van der Waals surface area contributed by atoms with Crippen molar-refractivity contribution in [2.45, 2.75) is 75.7 Å². The largest absolute Gasteiger partial charge is 0.490 e. The number of nitrogens with one attached hydrogen (secondary N) is 2. The molecule has 1 heterocycles. The smallest absolute Gasteiger partial charge is 0.475 e. The van der Waals surface area contributed by atoms with Crippen LogP contribution in [0.1, 0.15) is 62.0 Å². The first-order valence-electron chi connectivity index (χ1n) is 12.7. The van der Waals surface area contributed by atoms with Gasteiger partial charge in [0.05, 0.1) is 12.1 Å². The molecule has 0 bridgehead atoms. The Morgan fingerprint density at radius 3 is 2.07 bits per heavy atom. The zero-order valence-corrected chi connectivity index (χ0v) is 22.9. The van der Waals surface area contributed by atoms with Crippen molar-refractivity contribution in [3.05, 3.63) is 47.5 Å². The standard InChI is InChI=1S/C26H25F4N3O3.C2HF3O2/c1-14(34)15-5-7-20-18(10-15)17-6-4-16(11-21(17)36-20)22(26(28,29)30)32-19(12-24(2,3)27)23(35)33-25(13-31)8-9-25;3-2(4,5)1(6)7/h4-7,10-11,19,22,32H,8-9,12H2,1-3H3,(H,33,35);(H,6,7)/t19-,22-;/m0./s1. The molecule has 1 saturated carbocycles. The van der Waals surface area contributed by atoms with E-state index in [2.05, 4.69) is 10.6 Å². The van der Waals surface area contributed by atoms with E-state index in [9.17, 15) is 45.6 Å². The molecule has 8 nitrogen and oxygen atoms in total. The number of carbonyl (C=O) groups is 3. The Hall–Kier alpha value is -4.19. The van der Waals surface area contributed by atoms with Gasteiger partial charge in [0.1, 0.15) is 28.4 Å². The minimum absolute atomic E-state index is 0.159. The first-order valence-corrected chi connectivity index (χ1v) is 12.7. The van der Waals surface area contributed by atoms with E-state index in [1.54, 1.807) is 18.2 Å². The van der Waals surface area contributed by atoms with E-state index >= 15 is 0 Å². The molecule has 1 aliphatic rings. The van der Waals surface area contributed by atoms with Crippen LogP contribution in [0.15, 0.2) is 40.8 Å². The molecule has 2 atom stereocenters. The summed E-state index contributed by atoms with van der Waals surface area (Å²) >= 11 is 0. The lowest BCUT2D eigenvalue weighted by molar-refractivity contribution is -0.192. The van der Waals surface area contributed by atoms with Gasteiger partial charge in [-0.1, -0.05) is 12.1 Å². The highest BCUT2D eigenvalue weighted by atomic mass is 19.4. The fraction of sp³-hybridized carbons (Fsp3) is 0.429. The number of fused-ring (bicyclic) bond motifs is 3. The zero-order chi connectivity index (χ0) is 32.5. The second-order valence-electron chi connectivity index (χ2n) is 10.7. The van der Waals surface area contributed by atoms with Crippen LogP contribution in [0.5, 0.6) is 0 Å². The number of nitrogens with zero attached hydrogens (tertiary/aromatic N) is 1. The maximum atomic E-state index is 14.5. The number of hydrogen-bond acceptors (Lipinski definition) is 6. The monoisotopic (exact) mass is 617 g/mol. The second kappa shape index (κ2) is 11.8. The van der Waals surface area contributed by atoms with Gasteiger partial charge in [-0.25, -0.2) is 9.18 Å². The molecule has 0 radical (unpaired) electrons. The topological polar surface area (TPSA) is 132 Å². The van der Waals surface area contributed by atoms with Gasteiger partial charge in [-0.15, -0.1) is 0 Å². The van der Waals surface area contributed by atoms with Crippen molar-refractivity contribution in [2.24, 2.45) is 0 Å². The van der Waals surface area contributed by atoms with Gasteiger partial charge in [0.2, 0.25) is 5.91 Å². The minimum Gasteiger partial charge on any atom is -0.475 e. The van der Waals surface area contributed by atoms with Gasteiger partial charge in [-0.2, -0.15) is 31.6 Å². The maximum Gasteiger partial charge on any atom is 0.490 e. The van der Waals surface area contributed by atoms with Crippen LogP contribution in [-0.2, 0) is 9.59 Å². The van der Waals surface area contributed by atoms with Crippen molar-refractivity contribution < 1.29 is 54.6 Å². The van der Waals surface area contributed by atoms with Crippen LogP contribution < -0.4 is 10.6 Å². The molecule has 1 aliphatic carbocycles. The van der Waals surface area contributed by atoms with Crippen molar-refractivity contribution in [1.82, 2.24) is 10.6 Å². The van der Waals surface area contributed by atoms with E-state index in [0.717, 1.165) is 0 Å². The lowest BCUT2D eigenvalue weighted by atomic mass is 9.96. The first-order chi connectivity index (χ1) is 19.7. The van der Waals surface area contributed by atoms with Crippen LogP contribution in [-0.4, -0.2) is 52.4 Å². The average Bonchev–Trinajstić information content (AvgIpc) is 3.55. The SMILES string of the molecule is CC(=O)c1ccc2oc3cc([C@H](N[C@@H](CC(C)(C)F)C(=O)NC4(C#N)CC4)C(F)(F)F)ccc3c2c1.O=C(O)C(F)(F)F. The number of rotatable bonds is 8. The van der Waals surface area contributed by atoms with Crippen molar-refractivity contribution in [3.63, 3.8) is 0 Å². The Labute approximate surface area is 239 Å². The molecule has 1 fully saturated rings. The molecule has 0 aliphatic heterocycles. The van der Waals surface area contributed by atoms with Crippen LogP contribution in [0, 0.1) is 11.3 Å². The number of Topliss-reactive ketones (excluding diaryl/α,β-unsaturated/α-hetero) is 1. The lowest BCUT2D eigenvalue weighted by Gasteiger charge is -2.30. The normalized spacial score (nSPS) is 16.0. The Bertz CT molecular complexity index is 1580. The van der Waals surface area contributed by atoms with Gasteiger partial charge in [-0.3, -0.25) is 14.9 Å². The summed E-state index contributed by atoms with van der Waals surface area (Å²) in [4.78, 5) is 33.5. The van der Waals surface area contributed by atoms with Crippen molar-refractivity contribution in [3.8, 4) is 6.07 Å². The lowest BCUT2D eigenvalue weighted by Crippen LogP contribution is -2.53. The van der Waals surface area contributed by atoms with Gasteiger partial charge in [0.15, 0.2) is 5.78 Å². The number of carboxylic acid groups (broad SMARTS) is 1. The van der Waals surface area contributed by atoms with Gasteiger partial charge in [0, 0.05) is 22.8 Å². The van der Waals surface area contributed by atoms with Crippen molar-refractivity contribution >= 4 is 39.6 Å². The molecule has 0 unspecified atom stereocenters. The molecular formula is C28H26F7N3O5. The van der Waals surface area contributed by atoms with Gasteiger partial charge in [-0.05, 0) is 63.4 Å². The third-order valence-electron chi connectivity index (χ3n) is 6.51. The van der Waals surface area contributed by atoms with Crippen LogP contribution in [0.4, 0.5) is 30.7 Å². The molecule has 43 heavy (non-hydrogen) atoms. The molecule has 3 N–H and O–H groups in total. The van der Waals surface area contributed by atoms with E-state index in [0.29, 0.717) is 34.8 Å². The maximum absolute atomic E-state index is 14.5. The van der Waals surface area contributed by atoms with Gasteiger partial charge >= 0.3 is 18.3 Å². The number of halogens is 7. The third kappa shape index (κ3) is 8.44. The van der Waals surface area contributed by atoms with Crippen LogP contribution in [0.25, 0.3) is 21.9 Å². The molecule has 4 rings (SSSR count). The quantitative estimate of drug-likeness (QED) is 0.200. The summed E-state index contributed by atoms with van der Waals surface area (Å²) in [7, 11) is 0. The Kier molecular flexibility index (Phi) is 9.16. The van der Waals surface area contributed by atoms with Crippen molar-refractivity contribution in [2.75, 3.05) is 0 Å². The number of aliphatic carboxylic acids is 1. The number of nitriles is 1. The van der Waals surface area contributed by atoms with Gasteiger partial charge in [0.25, 0.3) is 0 Å². The number of carboxylic acids is 1. The predicted molar refractivity (Wildman–Crippen MR) is 139 cm³/mol. The number of hydrogen-bond donors (Lipinski definition) is 3. The van der Waals surface area contributed by atoms with E-state index in [-0.39, 0.29) is 16.9 Å². The Morgan fingerprint density at radius 1 is 1.00 bits per heavy atom. The summed E-state index contributed by atoms with van der Waals surface area (Å²) in [6.45, 7) is 3.75. The fourth-order valence-corrected chi connectivity index (χ4v) is 4.20. The zero-order valence-electron chi connectivity index (χ0n) is 22.9. The third-order valence-corrected chi connectivity index (χ3v) is 6.51. The summed E-state index contributed by atoms with van der Waals surface area (Å²) in [5, 5.41) is 22.2. The Morgan fingerprint density at radius 2 is 1.60 bits per heavy atom. The van der Waals surface area contributed by atoms with E-state index in [1.807, 2.05) is 6.07 Å². The molecule has 0 saturated heterocycles. The van der Waals surface area contributed by atoms with E-state index in [4.69, 9.17) is 14.3 Å². The molecule has 15 heteroatoms. The molecular weight excluding hydrogens is 591 g/mol. The number of benzene rings is 2. The summed E-state index contributed by atoms with van der Waals surface area (Å²) in [5.41, 5.74) is -2.27. The van der Waals surface area contributed by atoms with Crippen LogP contribution >= 0.6 is 0 Å². The molecule has 1 amide bonds. The highest BCUT2D eigenvalue weighted by Gasteiger charge is 2.48. The minimum atomic E-state index is -5.08. The van der Waals surface area contributed by atoms with E-state index < -0.39 is 53.9 Å². The summed E-state index contributed by atoms with van der Waals surface area (Å²) in [6.07, 6.45) is -9.67. The summed E-state index contributed by atoms with van der Waals surface area (Å²) in [6, 6.07) is 6.81. The summed E-state index contributed by atoms with van der Waals surface area (Å²) < 4.78 is 94.6. The number of ketones is 1. The molecule has 232 valence electrons. The molecule has 0 spiro atoms. The van der Waals surface area contributed by atoms with Crippen LogP contribution in [0.3, 0.4) is 0 Å². The highest BCUT2D eigenvalue weighted by molar-refractivity contribution is 6.08. The van der Waals surface area contributed by atoms with Gasteiger partial charge < -0.3 is 14.8 Å². The molecule has 2 aromatic carbocycles. The van der Waals surface area contributed by atoms with Crippen molar-refractivity contribution in [1.29, 1.82) is 5.26 Å². The molecule has 1 aromatic heterocycles. The number of furan rings is 1. The van der Waals surface area contributed by atoms with Crippen LogP contribution in [0.2, 0.25) is 0 Å². The first kappa shape index (κ1) is 33.3. The highest BCUT2D eigenvalue weighted by Crippen LogP contribution is 2.38. The predicted octanol–water partition coefficient (Wildman–Crippen LogP) is 6.29. The number of alkyl halides is 7. The Balaban J connectivity index is 0.000000646. The average molecular weight is 618 g/mol. The number of amides is 1. The number of carbonyl (C=O) groups excluding carboxylic acids is 2.